The molecule has 1 saturated heterocycles. The van der Waals surface area contributed by atoms with E-state index in [0.29, 0.717) is 0 Å². The minimum Gasteiger partial charge on any atom is -0.458 e. The topological polar surface area (TPSA) is 24.9 Å². The maximum atomic E-state index is 7.35. The van der Waals surface area contributed by atoms with Gasteiger partial charge < -0.3 is 19.3 Å². The van der Waals surface area contributed by atoms with Crippen molar-refractivity contribution >= 4 is 40.4 Å². The van der Waals surface area contributed by atoms with Crippen LogP contribution in [0.15, 0.2) is 127 Å². The van der Waals surface area contributed by atoms with E-state index in [1.165, 1.54) is 27.9 Å². The van der Waals surface area contributed by atoms with Crippen LogP contribution in [0.3, 0.4) is 0 Å². The molecular formula is C38H35BN2O2. The Kier molecular flexibility index (Phi) is 6.13. The van der Waals surface area contributed by atoms with Crippen molar-refractivity contribution in [3.63, 3.8) is 0 Å². The summed E-state index contributed by atoms with van der Waals surface area (Å²) >= 11 is 0. The van der Waals surface area contributed by atoms with E-state index in [0.717, 1.165) is 29.3 Å². The molecule has 0 spiro atoms. The molecule has 0 radical (unpaired) electrons. The summed E-state index contributed by atoms with van der Waals surface area (Å²) in [6.07, 6.45) is 0.694. The summed E-state index contributed by atoms with van der Waals surface area (Å²) in [4.78, 5) is 4.88. The van der Waals surface area contributed by atoms with Gasteiger partial charge in [-0.2, -0.15) is 0 Å². The van der Waals surface area contributed by atoms with Gasteiger partial charge in [0.05, 0.1) is 12.0 Å². The van der Waals surface area contributed by atoms with Gasteiger partial charge in [0.15, 0.2) is 0 Å². The fourth-order valence-electron chi connectivity index (χ4n) is 7.25. The molecule has 8 rings (SSSR count). The molecule has 0 aromatic heterocycles. The molecule has 43 heavy (non-hydrogen) atoms. The number of rotatable bonds is 4. The van der Waals surface area contributed by atoms with Gasteiger partial charge in [-0.05, 0) is 76.5 Å². The van der Waals surface area contributed by atoms with Gasteiger partial charge in [-0.3, -0.25) is 0 Å². The molecule has 5 aromatic carbocycles. The summed E-state index contributed by atoms with van der Waals surface area (Å²) < 4.78 is 14.0. The SMILES string of the molecule is CC(C)(C)c1ccc2c(c1)B1c3c(cccc3N(c3ccccc3)C3CC(N(c4ccccc4)c4ccccc4)OC13)O2. The van der Waals surface area contributed by atoms with Crippen molar-refractivity contribution in [1.29, 1.82) is 0 Å². The van der Waals surface area contributed by atoms with E-state index in [1.807, 2.05) is 0 Å². The van der Waals surface area contributed by atoms with E-state index in [-0.39, 0.29) is 30.4 Å². The Balaban J connectivity index is 1.32. The zero-order chi connectivity index (χ0) is 29.1. The molecule has 5 aromatic rings. The molecule has 0 N–H and O–H groups in total. The normalized spacial score (nSPS) is 20.1. The molecule has 3 aliphatic heterocycles. The molecule has 3 atom stereocenters. The number of para-hydroxylation sites is 3. The first-order valence-electron chi connectivity index (χ1n) is 15.3. The Morgan fingerprint density at radius 2 is 1.37 bits per heavy atom. The van der Waals surface area contributed by atoms with E-state index in [1.54, 1.807) is 0 Å². The molecule has 3 heterocycles. The van der Waals surface area contributed by atoms with Gasteiger partial charge in [0, 0.05) is 29.2 Å². The lowest BCUT2D eigenvalue weighted by Gasteiger charge is -2.45. The summed E-state index contributed by atoms with van der Waals surface area (Å²) in [5.74, 6) is 1.86. The van der Waals surface area contributed by atoms with Crippen molar-refractivity contribution in [3.8, 4) is 11.5 Å². The predicted molar refractivity (Wildman–Crippen MR) is 177 cm³/mol. The first-order valence-corrected chi connectivity index (χ1v) is 15.3. The zero-order valence-corrected chi connectivity index (χ0v) is 24.9. The lowest BCUT2D eigenvalue weighted by atomic mass is 9.33. The summed E-state index contributed by atoms with van der Waals surface area (Å²) in [5, 5.41) is 0. The molecule has 4 nitrogen and oxygen atoms in total. The summed E-state index contributed by atoms with van der Waals surface area (Å²) in [7, 11) is 0. The van der Waals surface area contributed by atoms with Crippen LogP contribution in [0.4, 0.5) is 22.7 Å². The molecule has 212 valence electrons. The van der Waals surface area contributed by atoms with Crippen molar-refractivity contribution in [2.45, 2.75) is 50.9 Å². The lowest BCUT2D eigenvalue weighted by Crippen LogP contribution is -2.65. The number of hydrogen-bond acceptors (Lipinski definition) is 4. The Bertz CT molecular complexity index is 1730. The minimum atomic E-state index is -0.152. The van der Waals surface area contributed by atoms with E-state index < -0.39 is 0 Å². The van der Waals surface area contributed by atoms with Gasteiger partial charge in [-0.25, -0.2) is 0 Å². The van der Waals surface area contributed by atoms with Gasteiger partial charge in [0.25, 0.3) is 6.71 Å². The zero-order valence-electron chi connectivity index (χ0n) is 24.9. The number of fused-ring (bicyclic) bond motifs is 4. The van der Waals surface area contributed by atoms with Crippen LogP contribution in [0, 0.1) is 0 Å². The van der Waals surface area contributed by atoms with E-state index in [2.05, 4.69) is 158 Å². The third-order valence-corrected chi connectivity index (χ3v) is 9.23. The Labute approximate surface area is 254 Å². The second kappa shape index (κ2) is 10.1. The lowest BCUT2D eigenvalue weighted by molar-refractivity contribution is 0.0872. The smallest absolute Gasteiger partial charge is 0.256 e. The first-order chi connectivity index (χ1) is 21.0. The highest BCUT2D eigenvalue weighted by Crippen LogP contribution is 2.46. The van der Waals surface area contributed by atoms with Gasteiger partial charge in [-0.15, -0.1) is 0 Å². The second-order valence-corrected chi connectivity index (χ2v) is 12.9. The maximum absolute atomic E-state index is 7.35. The average Bonchev–Trinajstić information content (AvgIpc) is 3.46. The number of ether oxygens (including phenoxy) is 2. The van der Waals surface area contributed by atoms with Crippen LogP contribution in [-0.2, 0) is 10.2 Å². The first kappa shape index (κ1) is 26.2. The molecule has 0 bridgehead atoms. The maximum Gasteiger partial charge on any atom is 0.256 e. The Morgan fingerprint density at radius 3 is 2.02 bits per heavy atom. The fourth-order valence-corrected chi connectivity index (χ4v) is 7.25. The van der Waals surface area contributed by atoms with Crippen molar-refractivity contribution in [3.05, 3.63) is 133 Å². The van der Waals surface area contributed by atoms with Crippen LogP contribution < -0.4 is 25.5 Å². The van der Waals surface area contributed by atoms with Crippen LogP contribution in [0.2, 0.25) is 0 Å². The van der Waals surface area contributed by atoms with Gasteiger partial charge in [0.1, 0.15) is 17.7 Å². The van der Waals surface area contributed by atoms with E-state index in [4.69, 9.17) is 9.47 Å². The van der Waals surface area contributed by atoms with E-state index >= 15 is 0 Å². The third kappa shape index (κ3) is 4.33. The van der Waals surface area contributed by atoms with Crippen molar-refractivity contribution in [2.75, 3.05) is 9.80 Å². The number of nitrogens with zero attached hydrogens (tertiary/aromatic N) is 2. The van der Waals surface area contributed by atoms with Gasteiger partial charge in [-0.1, -0.05) is 93.6 Å². The molecule has 3 aliphatic rings. The standard InChI is InChI=1S/C38H35BN2O2/c1-38(2,3)26-22-23-33-30(24-26)39-36-31(20-13-21-34(36)42-33)41(29-18-11-6-12-19-29)32-25-35(43-37(32)39)40(27-14-7-4-8-15-27)28-16-9-5-10-17-28/h4-24,32,35,37H,25H2,1-3H3. The summed E-state index contributed by atoms with van der Waals surface area (Å²) in [5.41, 5.74) is 8.41. The molecule has 0 aliphatic carbocycles. The monoisotopic (exact) mass is 562 g/mol. The predicted octanol–water partition coefficient (Wildman–Crippen LogP) is 7.71. The third-order valence-electron chi connectivity index (χ3n) is 9.23. The molecule has 0 amide bonds. The highest BCUT2D eigenvalue weighted by atomic mass is 16.5. The van der Waals surface area contributed by atoms with Crippen molar-refractivity contribution < 1.29 is 9.47 Å². The molecule has 5 heteroatoms. The van der Waals surface area contributed by atoms with Crippen LogP contribution in [0.5, 0.6) is 11.5 Å². The molecule has 1 fully saturated rings. The van der Waals surface area contributed by atoms with Gasteiger partial charge >= 0.3 is 0 Å². The number of benzene rings is 5. The van der Waals surface area contributed by atoms with Crippen LogP contribution in [0.25, 0.3) is 0 Å². The molecular weight excluding hydrogens is 527 g/mol. The number of anilines is 4. The van der Waals surface area contributed by atoms with Gasteiger partial charge in [0.2, 0.25) is 0 Å². The Morgan fingerprint density at radius 1 is 0.721 bits per heavy atom. The quantitative estimate of drug-likeness (QED) is 0.210. The minimum absolute atomic E-state index is 0.0233. The largest absolute Gasteiger partial charge is 0.458 e. The summed E-state index contributed by atoms with van der Waals surface area (Å²) in [6, 6.07) is 45.4. The van der Waals surface area contributed by atoms with Crippen molar-refractivity contribution in [2.24, 2.45) is 0 Å². The summed E-state index contributed by atoms with van der Waals surface area (Å²) in [6.45, 7) is 6.88. The van der Waals surface area contributed by atoms with Crippen LogP contribution in [-0.4, -0.2) is 25.0 Å². The van der Waals surface area contributed by atoms with Crippen molar-refractivity contribution in [1.82, 2.24) is 0 Å². The molecule has 3 unspecified atom stereocenters. The number of hydrogen-bond donors (Lipinski definition) is 0. The Hall–Kier alpha value is -4.48. The van der Waals surface area contributed by atoms with Crippen LogP contribution in [0.1, 0.15) is 32.8 Å². The molecule has 0 saturated carbocycles. The van der Waals surface area contributed by atoms with E-state index in [9.17, 15) is 0 Å². The van der Waals surface area contributed by atoms with Crippen LogP contribution >= 0.6 is 0 Å². The highest BCUT2D eigenvalue weighted by Gasteiger charge is 2.55. The fraction of sp³-hybridized carbons (Fsp3) is 0.211. The highest BCUT2D eigenvalue weighted by molar-refractivity contribution is 6.89. The second-order valence-electron chi connectivity index (χ2n) is 12.9. The average molecular weight is 563 g/mol.